The molecule has 17 nitrogen and oxygen atoms in total. The van der Waals surface area contributed by atoms with Gasteiger partial charge < -0.3 is 53.4 Å². The predicted octanol–water partition coefficient (Wildman–Crippen LogP) is -3.67. The zero-order valence-electron chi connectivity index (χ0n) is 15.0. The monoisotopic (exact) mass is 494 g/mol. The highest BCUT2D eigenvalue weighted by molar-refractivity contribution is 7.44. The average molecular weight is 494 g/mol. The fourth-order valence-electron chi connectivity index (χ4n) is 1.60. The number of rotatable bonds is 5. The topological polar surface area (TPSA) is 281 Å². The molecule has 31 heavy (non-hydrogen) atoms. The van der Waals surface area contributed by atoms with E-state index in [1.54, 1.807) is 0 Å². The maximum absolute atomic E-state index is 11.7. The molecular weight excluding hydrogens is 478 g/mol. The minimum absolute atomic E-state index is 0. The lowest BCUT2D eigenvalue weighted by atomic mass is 10.3. The van der Waals surface area contributed by atoms with Gasteiger partial charge in [0.05, 0.1) is 19.3 Å². The van der Waals surface area contributed by atoms with Crippen molar-refractivity contribution in [1.82, 2.24) is 0 Å². The summed E-state index contributed by atoms with van der Waals surface area (Å²) < 4.78 is 26.7. The maximum Gasteiger partial charge on any atom is 0.537 e. The van der Waals surface area contributed by atoms with Gasteiger partial charge in [0.25, 0.3) is 0 Å². The Bertz CT molecular complexity index is 724. The van der Waals surface area contributed by atoms with E-state index in [0.717, 1.165) is 0 Å². The minimum atomic E-state index is -2.92. The van der Waals surface area contributed by atoms with Crippen LogP contribution in [0.1, 0.15) is 19.3 Å². The van der Waals surface area contributed by atoms with E-state index in [9.17, 15) is 44.1 Å². The highest BCUT2D eigenvalue weighted by Crippen LogP contribution is 2.44. The van der Waals surface area contributed by atoms with E-state index < -0.39 is 90.6 Å². The molecule has 176 valence electrons. The first kappa shape index (κ1) is 28.5. The molecule has 0 saturated carbocycles. The third-order valence-corrected chi connectivity index (χ3v) is 4.96. The van der Waals surface area contributed by atoms with Gasteiger partial charge in [-0.3, -0.25) is 14.4 Å². The second-order valence-electron chi connectivity index (χ2n) is 5.23. The van der Waals surface area contributed by atoms with Gasteiger partial charge >= 0.3 is 53.0 Å². The van der Waals surface area contributed by atoms with Crippen molar-refractivity contribution >= 4 is 53.0 Å². The molecule has 0 aromatic rings. The molecule has 2 aliphatic heterocycles. The number of hydrogen-bond donors (Lipinski definition) is 3. The third kappa shape index (κ3) is 8.63. The quantitative estimate of drug-likeness (QED) is 0.310. The first-order valence-corrected chi connectivity index (χ1v) is 9.66. The van der Waals surface area contributed by atoms with Crippen molar-refractivity contribution in [3.8, 4) is 0 Å². The van der Waals surface area contributed by atoms with E-state index in [0.29, 0.717) is 0 Å². The maximum atomic E-state index is 11.7. The van der Waals surface area contributed by atoms with Crippen LogP contribution in [-0.2, 0) is 55.9 Å². The van der Waals surface area contributed by atoms with Crippen molar-refractivity contribution in [2.75, 3.05) is 0 Å². The molecule has 5 atom stereocenters. The molecular formula is C12H16O17P2. The molecule has 2 aliphatic rings. The Hall–Kier alpha value is -2.52. The molecule has 0 aromatic carbocycles. The molecule has 0 radical (unpaired) electrons. The van der Waals surface area contributed by atoms with E-state index in [1.807, 2.05) is 0 Å². The molecule has 2 saturated heterocycles. The Morgan fingerprint density at radius 1 is 0.871 bits per heavy atom. The van der Waals surface area contributed by atoms with E-state index in [1.165, 1.54) is 0 Å². The van der Waals surface area contributed by atoms with Gasteiger partial charge in [-0.1, -0.05) is 0 Å². The van der Waals surface area contributed by atoms with Gasteiger partial charge in [0, 0.05) is 0 Å². The van der Waals surface area contributed by atoms with Crippen LogP contribution in [0.4, 0.5) is 0 Å². The fourth-order valence-corrected chi connectivity index (χ4v) is 3.35. The van der Waals surface area contributed by atoms with Crippen molar-refractivity contribution in [2.45, 2.75) is 37.6 Å². The van der Waals surface area contributed by atoms with E-state index in [2.05, 4.69) is 27.1 Å². The van der Waals surface area contributed by atoms with Crippen LogP contribution < -0.4 is 0 Å². The minimum Gasteiger partial charge on any atom is -0.412 e. The summed E-state index contributed by atoms with van der Waals surface area (Å²) in [5.74, 6) is -7.71. The van der Waals surface area contributed by atoms with Crippen LogP contribution in [0, 0.1) is 0 Å². The van der Waals surface area contributed by atoms with Crippen LogP contribution in [0.15, 0.2) is 0 Å². The van der Waals surface area contributed by atoms with Crippen molar-refractivity contribution in [1.29, 1.82) is 0 Å². The Morgan fingerprint density at radius 2 is 1.29 bits per heavy atom. The molecule has 2 heterocycles. The van der Waals surface area contributed by atoms with Crippen molar-refractivity contribution in [2.24, 2.45) is 0 Å². The second-order valence-corrected chi connectivity index (χ2v) is 7.22. The zero-order valence-corrected chi connectivity index (χ0v) is 16.8. The molecule has 2 fully saturated rings. The Balaban J connectivity index is 0.00000450. The van der Waals surface area contributed by atoms with Crippen LogP contribution in [0.3, 0.4) is 0 Å². The van der Waals surface area contributed by atoms with Gasteiger partial charge in [0.15, 0.2) is 18.3 Å². The number of hydrogen-bond acceptors (Lipinski definition) is 15. The number of aliphatic hydroxyl groups excluding tert-OH is 3. The van der Waals surface area contributed by atoms with Gasteiger partial charge in [0.1, 0.15) is 0 Å². The molecule has 0 aromatic heterocycles. The highest BCUT2D eigenvalue weighted by atomic mass is 31.2. The van der Waals surface area contributed by atoms with Gasteiger partial charge in [0.2, 0.25) is 0 Å². The van der Waals surface area contributed by atoms with Crippen LogP contribution in [0.2, 0.25) is 0 Å². The van der Waals surface area contributed by atoms with E-state index >= 15 is 0 Å². The highest BCUT2D eigenvalue weighted by Gasteiger charge is 2.39. The van der Waals surface area contributed by atoms with Crippen molar-refractivity contribution < 1.29 is 82.2 Å². The van der Waals surface area contributed by atoms with E-state index in [-0.39, 0.29) is 11.0 Å². The molecule has 2 rings (SSSR count). The van der Waals surface area contributed by atoms with Crippen LogP contribution >= 0.6 is 17.2 Å². The van der Waals surface area contributed by atoms with Gasteiger partial charge in [-0.05, 0) is 0 Å². The first-order valence-electron chi connectivity index (χ1n) is 7.47. The Kier molecular flexibility index (Phi) is 11.4. The summed E-state index contributed by atoms with van der Waals surface area (Å²) in [7, 11) is -5.78. The number of carbonyl (C=O) groups excluding carboxylic acids is 6. The van der Waals surface area contributed by atoms with Gasteiger partial charge in [-0.25, -0.2) is 14.4 Å². The van der Waals surface area contributed by atoms with Crippen molar-refractivity contribution in [3.63, 3.8) is 0 Å². The first-order chi connectivity index (χ1) is 13.5. The summed E-state index contributed by atoms with van der Waals surface area (Å²) >= 11 is 0. The van der Waals surface area contributed by atoms with E-state index in [4.69, 9.17) is 0 Å². The Labute approximate surface area is 173 Å². The lowest BCUT2D eigenvalue weighted by Crippen LogP contribution is -2.26. The molecule has 5 unspecified atom stereocenters. The van der Waals surface area contributed by atoms with Crippen LogP contribution in [-0.4, -0.2) is 80.4 Å². The summed E-state index contributed by atoms with van der Waals surface area (Å²) in [5.41, 5.74) is 0. The average Bonchev–Trinajstić information content (AvgIpc) is 2.79. The fraction of sp³-hybridized carbons (Fsp3) is 0.500. The standard InChI is InChI=1S/C12H12O15P2.2H2O/c13-4-1-7(16)22-28(25-10(4)19)23-8(17)2-5(14)11(20)26-29-24-9(18)3-6(15)12(21)27-29;;/h4-6,13-15H,1-3H2;2*1H2. The smallest absolute Gasteiger partial charge is 0.412 e. The summed E-state index contributed by atoms with van der Waals surface area (Å²) in [6.45, 7) is 0. The summed E-state index contributed by atoms with van der Waals surface area (Å²) in [5, 5.41) is 28.1. The number of carbonyl (C=O) groups is 6. The molecule has 0 bridgehead atoms. The van der Waals surface area contributed by atoms with Crippen LogP contribution in [0.25, 0.3) is 0 Å². The summed E-state index contributed by atoms with van der Waals surface area (Å²) in [6, 6.07) is 0. The Morgan fingerprint density at radius 3 is 1.74 bits per heavy atom. The predicted molar refractivity (Wildman–Crippen MR) is 89.5 cm³/mol. The SMILES string of the molecule is O.O.O=C1CC(O)C(=O)OP(OC(=O)CC(O)C(=O)OP2OC(=O)CC(O)C(=O)O2)O1. The molecule has 0 amide bonds. The molecule has 0 spiro atoms. The normalized spacial score (nSPS) is 26.7. The summed E-state index contributed by atoms with van der Waals surface area (Å²) in [4.78, 5) is 68.6. The summed E-state index contributed by atoms with van der Waals surface area (Å²) in [6.07, 6.45) is -8.36. The lowest BCUT2D eigenvalue weighted by molar-refractivity contribution is -0.153. The van der Waals surface area contributed by atoms with Gasteiger partial charge in [-0.2, -0.15) is 0 Å². The van der Waals surface area contributed by atoms with Crippen LogP contribution in [0.5, 0.6) is 0 Å². The molecule has 0 aliphatic carbocycles. The van der Waals surface area contributed by atoms with Crippen molar-refractivity contribution in [3.05, 3.63) is 0 Å². The molecule has 19 heteroatoms. The number of aliphatic hydroxyl groups is 3. The lowest BCUT2D eigenvalue weighted by Gasteiger charge is -2.15. The second kappa shape index (κ2) is 12.4. The zero-order chi connectivity index (χ0) is 21.7. The van der Waals surface area contributed by atoms with Gasteiger partial charge in [-0.15, -0.1) is 0 Å². The largest absolute Gasteiger partial charge is 0.537 e. The third-order valence-electron chi connectivity index (χ3n) is 2.92. The molecule has 7 N–H and O–H groups in total.